The normalized spacial score (nSPS) is 15.7. The molecule has 0 amide bonds. The number of rotatable bonds is 4. The van der Waals surface area contributed by atoms with Crippen LogP contribution >= 0.6 is 0 Å². The van der Waals surface area contributed by atoms with E-state index >= 15 is 0 Å². The predicted octanol–water partition coefficient (Wildman–Crippen LogP) is 3.89. The lowest BCUT2D eigenvalue weighted by molar-refractivity contribution is 0.428. The van der Waals surface area contributed by atoms with E-state index in [2.05, 4.69) is 41.4 Å². The number of aryl methyl sites for hydroxylation is 1. The van der Waals surface area contributed by atoms with Crippen LogP contribution in [-0.2, 0) is 6.54 Å². The molecule has 2 aromatic rings. The zero-order valence-corrected chi connectivity index (χ0v) is 13.1. The molecule has 0 unspecified atom stereocenters. The van der Waals surface area contributed by atoms with Gasteiger partial charge in [-0.15, -0.1) is 0 Å². The van der Waals surface area contributed by atoms with E-state index in [4.69, 9.17) is 0 Å². The molecule has 116 valence electrons. The molecule has 0 radical (unpaired) electrons. The number of benzene rings is 2. The first kappa shape index (κ1) is 15.0. The molecule has 0 bridgehead atoms. The van der Waals surface area contributed by atoms with Crippen LogP contribution in [0.3, 0.4) is 0 Å². The Kier molecular flexibility index (Phi) is 4.74. The average Bonchev–Trinajstić information content (AvgIpc) is 2.56. The van der Waals surface area contributed by atoms with Crippen LogP contribution in [0, 0.1) is 12.7 Å². The molecule has 2 aromatic carbocycles. The summed E-state index contributed by atoms with van der Waals surface area (Å²) in [5.41, 5.74) is 3.68. The fourth-order valence-corrected chi connectivity index (χ4v) is 3.07. The van der Waals surface area contributed by atoms with Crippen molar-refractivity contribution in [3.63, 3.8) is 0 Å². The fourth-order valence-electron chi connectivity index (χ4n) is 3.07. The van der Waals surface area contributed by atoms with Gasteiger partial charge in [-0.2, -0.15) is 0 Å². The van der Waals surface area contributed by atoms with Gasteiger partial charge < -0.3 is 10.2 Å². The molecule has 3 rings (SSSR count). The Morgan fingerprint density at radius 1 is 1.00 bits per heavy atom. The van der Waals surface area contributed by atoms with Gasteiger partial charge in [0.1, 0.15) is 5.82 Å². The maximum Gasteiger partial charge on any atom is 0.123 e. The van der Waals surface area contributed by atoms with Crippen molar-refractivity contribution >= 4 is 5.69 Å². The van der Waals surface area contributed by atoms with Crippen LogP contribution in [0.15, 0.2) is 48.5 Å². The van der Waals surface area contributed by atoms with Gasteiger partial charge in [0.25, 0.3) is 0 Å². The van der Waals surface area contributed by atoms with Crippen LogP contribution in [0.1, 0.15) is 24.0 Å². The first-order valence-corrected chi connectivity index (χ1v) is 8.01. The van der Waals surface area contributed by atoms with Gasteiger partial charge in [-0.05, 0) is 62.7 Å². The number of hydrogen-bond acceptors (Lipinski definition) is 2. The highest BCUT2D eigenvalue weighted by molar-refractivity contribution is 5.48. The van der Waals surface area contributed by atoms with Gasteiger partial charge in [0.15, 0.2) is 0 Å². The number of anilines is 1. The molecule has 3 heteroatoms. The zero-order chi connectivity index (χ0) is 15.4. The molecule has 22 heavy (non-hydrogen) atoms. The lowest BCUT2D eigenvalue weighted by Crippen LogP contribution is -2.43. The molecule has 1 fully saturated rings. The van der Waals surface area contributed by atoms with Crippen LogP contribution in [0.5, 0.6) is 0 Å². The van der Waals surface area contributed by atoms with Crippen LogP contribution in [0.4, 0.5) is 10.1 Å². The van der Waals surface area contributed by atoms with Crippen molar-refractivity contribution in [2.24, 2.45) is 0 Å². The van der Waals surface area contributed by atoms with Crippen molar-refractivity contribution in [2.75, 3.05) is 18.0 Å². The molecule has 1 saturated heterocycles. The quantitative estimate of drug-likeness (QED) is 0.921. The largest absolute Gasteiger partial charge is 0.364 e. The average molecular weight is 298 g/mol. The SMILES string of the molecule is Cc1ccc(CN(c2ccc(F)cc2)C2CCNCC2)cc1. The first-order valence-electron chi connectivity index (χ1n) is 8.01. The Morgan fingerprint density at radius 3 is 2.27 bits per heavy atom. The Bertz CT molecular complexity index is 586. The van der Waals surface area contributed by atoms with Crippen molar-refractivity contribution in [1.29, 1.82) is 0 Å². The summed E-state index contributed by atoms with van der Waals surface area (Å²) in [5, 5.41) is 3.41. The topological polar surface area (TPSA) is 15.3 Å². The van der Waals surface area contributed by atoms with E-state index in [0.29, 0.717) is 6.04 Å². The molecule has 2 nitrogen and oxygen atoms in total. The standard InChI is InChI=1S/C19H23FN2/c1-15-2-4-16(5-3-15)14-22(19-10-12-21-13-11-19)18-8-6-17(20)7-9-18/h2-9,19,21H,10-14H2,1H3. The van der Waals surface area contributed by atoms with Gasteiger partial charge in [-0.3, -0.25) is 0 Å². The Labute approximate surface area is 132 Å². The van der Waals surface area contributed by atoms with E-state index in [0.717, 1.165) is 38.2 Å². The van der Waals surface area contributed by atoms with Gasteiger partial charge in [0, 0.05) is 18.3 Å². The molecule has 0 saturated carbocycles. The number of hydrogen-bond donors (Lipinski definition) is 1. The van der Waals surface area contributed by atoms with E-state index in [1.54, 1.807) is 12.1 Å². The molecule has 1 aliphatic heterocycles. The molecule has 1 aliphatic rings. The summed E-state index contributed by atoms with van der Waals surface area (Å²) < 4.78 is 13.2. The minimum absolute atomic E-state index is 0.177. The van der Waals surface area contributed by atoms with E-state index < -0.39 is 0 Å². The van der Waals surface area contributed by atoms with E-state index in [9.17, 15) is 4.39 Å². The highest BCUT2D eigenvalue weighted by atomic mass is 19.1. The first-order chi connectivity index (χ1) is 10.7. The Balaban J connectivity index is 1.84. The molecule has 0 aromatic heterocycles. The summed E-state index contributed by atoms with van der Waals surface area (Å²) in [5.74, 6) is -0.177. The maximum atomic E-state index is 13.2. The lowest BCUT2D eigenvalue weighted by Gasteiger charge is -2.36. The van der Waals surface area contributed by atoms with E-state index in [1.807, 2.05) is 12.1 Å². The summed E-state index contributed by atoms with van der Waals surface area (Å²) in [6.45, 7) is 5.08. The highest BCUT2D eigenvalue weighted by Gasteiger charge is 2.21. The van der Waals surface area contributed by atoms with Gasteiger partial charge in [0.2, 0.25) is 0 Å². The fraction of sp³-hybridized carbons (Fsp3) is 0.368. The number of nitrogens with one attached hydrogen (secondary N) is 1. The monoisotopic (exact) mass is 298 g/mol. The van der Waals surface area contributed by atoms with Crippen LogP contribution < -0.4 is 10.2 Å². The smallest absolute Gasteiger partial charge is 0.123 e. The third-order valence-electron chi connectivity index (χ3n) is 4.38. The molecule has 1 heterocycles. The van der Waals surface area contributed by atoms with Crippen molar-refractivity contribution in [3.05, 3.63) is 65.5 Å². The van der Waals surface area contributed by atoms with Crippen molar-refractivity contribution in [1.82, 2.24) is 5.32 Å². The number of halogens is 1. The maximum absolute atomic E-state index is 13.2. The third kappa shape index (κ3) is 3.66. The number of piperidine rings is 1. The van der Waals surface area contributed by atoms with Crippen molar-refractivity contribution in [3.8, 4) is 0 Å². The Hall–Kier alpha value is -1.87. The molecule has 1 N–H and O–H groups in total. The Morgan fingerprint density at radius 2 is 1.64 bits per heavy atom. The van der Waals surface area contributed by atoms with Crippen LogP contribution in [0.2, 0.25) is 0 Å². The molecule has 0 aliphatic carbocycles. The summed E-state index contributed by atoms with van der Waals surface area (Å²) in [6, 6.07) is 16.1. The van der Waals surface area contributed by atoms with Crippen molar-refractivity contribution in [2.45, 2.75) is 32.4 Å². The van der Waals surface area contributed by atoms with E-state index in [1.165, 1.54) is 11.1 Å². The number of nitrogens with zero attached hydrogens (tertiary/aromatic N) is 1. The second-order valence-corrected chi connectivity index (χ2v) is 6.07. The summed E-state index contributed by atoms with van der Waals surface area (Å²) in [7, 11) is 0. The van der Waals surface area contributed by atoms with Gasteiger partial charge >= 0.3 is 0 Å². The van der Waals surface area contributed by atoms with Crippen LogP contribution in [-0.4, -0.2) is 19.1 Å². The summed E-state index contributed by atoms with van der Waals surface area (Å²) in [6.07, 6.45) is 2.26. The van der Waals surface area contributed by atoms with Crippen molar-refractivity contribution < 1.29 is 4.39 Å². The van der Waals surface area contributed by atoms with Gasteiger partial charge in [-0.25, -0.2) is 4.39 Å². The van der Waals surface area contributed by atoms with E-state index in [-0.39, 0.29) is 5.82 Å². The second kappa shape index (κ2) is 6.93. The lowest BCUT2D eigenvalue weighted by atomic mass is 10.0. The summed E-state index contributed by atoms with van der Waals surface area (Å²) >= 11 is 0. The molecule has 0 atom stereocenters. The third-order valence-corrected chi connectivity index (χ3v) is 4.38. The highest BCUT2D eigenvalue weighted by Crippen LogP contribution is 2.24. The van der Waals surface area contributed by atoms with Gasteiger partial charge in [-0.1, -0.05) is 29.8 Å². The van der Waals surface area contributed by atoms with Crippen LogP contribution in [0.25, 0.3) is 0 Å². The van der Waals surface area contributed by atoms with Gasteiger partial charge in [0.05, 0.1) is 0 Å². The predicted molar refractivity (Wildman–Crippen MR) is 89.7 cm³/mol. The second-order valence-electron chi connectivity index (χ2n) is 6.07. The summed E-state index contributed by atoms with van der Waals surface area (Å²) in [4.78, 5) is 2.42. The molecular formula is C19H23FN2. The zero-order valence-electron chi connectivity index (χ0n) is 13.1. The minimum Gasteiger partial charge on any atom is -0.364 e. The molecule has 0 spiro atoms. The molecular weight excluding hydrogens is 275 g/mol. The minimum atomic E-state index is -0.177.